The van der Waals surface area contributed by atoms with E-state index in [1.807, 2.05) is 24.2 Å². The highest BCUT2D eigenvalue weighted by Crippen LogP contribution is 2.54. The van der Waals surface area contributed by atoms with E-state index in [0.29, 0.717) is 19.6 Å². The van der Waals surface area contributed by atoms with E-state index in [4.69, 9.17) is 18.9 Å². The maximum absolute atomic E-state index is 13.8. The predicted molar refractivity (Wildman–Crippen MR) is 154 cm³/mol. The van der Waals surface area contributed by atoms with Gasteiger partial charge in [-0.2, -0.15) is 0 Å². The average molecular weight is 556 g/mol. The molecular weight excluding hydrogens is 506 g/mol. The van der Waals surface area contributed by atoms with Crippen LogP contribution in [0.15, 0.2) is 30.9 Å². The summed E-state index contributed by atoms with van der Waals surface area (Å²) in [7, 11) is 3.56. The van der Waals surface area contributed by atoms with Crippen LogP contribution in [0.2, 0.25) is 0 Å². The number of carbonyl (C=O) groups excluding carboxylic acids is 1. The number of hydrogen-bond acceptors (Lipinski definition) is 6. The summed E-state index contributed by atoms with van der Waals surface area (Å²) in [5.74, 6) is 1.38. The minimum absolute atomic E-state index is 0.117. The van der Waals surface area contributed by atoms with E-state index in [1.54, 1.807) is 7.11 Å². The molecule has 2 saturated carbocycles. The molecule has 3 fully saturated rings. The molecule has 1 aromatic rings. The number of methoxy groups -OCH3 is 2. The highest BCUT2D eigenvalue weighted by atomic mass is 16.7. The number of fused-ring (bicyclic) bond motifs is 1. The normalized spacial score (nSPS) is 28.9. The van der Waals surface area contributed by atoms with Gasteiger partial charge in [0.15, 0.2) is 11.5 Å². The summed E-state index contributed by atoms with van der Waals surface area (Å²) in [6.45, 7) is 5.94. The fraction of sp³-hybridized carbons (Fsp3) is 0.727. The van der Waals surface area contributed by atoms with E-state index in [0.717, 1.165) is 94.2 Å². The summed E-state index contributed by atoms with van der Waals surface area (Å²) in [6.07, 6.45) is 13.3. The number of piperidine rings is 1. The van der Waals surface area contributed by atoms with Gasteiger partial charge in [0.25, 0.3) is 5.79 Å². The van der Waals surface area contributed by atoms with Crippen LogP contribution < -0.4 is 9.47 Å². The summed E-state index contributed by atoms with van der Waals surface area (Å²) in [6, 6.07) is 6.24. The molecule has 5 atom stereocenters. The standard InChI is InChI=1S/C33H49NO6/c1-4-12-24-21-25(22-28(24)35)31(36)34-19-11-13-26(23-34)33(38-3,18-8-9-20-37-2)27-14-10-15-29-30(27)40-32(39-29)16-6-5-7-17-32/h4,10,14-15,24-26,28,35H,1,5-9,11-13,16-23H2,2-3H3/t24-,25+,26-,28+,33+/m1/s1. The number of carbonyl (C=O) groups is 1. The Bertz CT molecular complexity index is 1020. The molecule has 0 aromatic heterocycles. The maximum Gasteiger partial charge on any atom is 0.251 e. The van der Waals surface area contributed by atoms with Crippen LogP contribution in [0.5, 0.6) is 11.5 Å². The number of ether oxygens (including phenoxy) is 4. The van der Waals surface area contributed by atoms with E-state index < -0.39 is 17.5 Å². The number of aliphatic hydroxyl groups excluding tert-OH is 1. The molecule has 0 bridgehead atoms. The molecule has 2 heterocycles. The molecule has 0 radical (unpaired) electrons. The van der Waals surface area contributed by atoms with Gasteiger partial charge in [-0.3, -0.25) is 4.79 Å². The first kappa shape index (κ1) is 29.4. The second-order valence-corrected chi connectivity index (χ2v) is 12.5. The Morgan fingerprint density at radius 2 is 2.00 bits per heavy atom. The van der Waals surface area contributed by atoms with Crippen molar-refractivity contribution >= 4 is 5.91 Å². The fourth-order valence-electron chi connectivity index (χ4n) is 7.90. The highest BCUT2D eigenvalue weighted by molar-refractivity contribution is 5.79. The Balaban J connectivity index is 1.41. The quantitative estimate of drug-likeness (QED) is 0.267. The van der Waals surface area contributed by atoms with Gasteiger partial charge in [0, 0.05) is 64.2 Å². The van der Waals surface area contributed by atoms with Gasteiger partial charge in [-0.15, -0.1) is 6.58 Å². The molecule has 7 nitrogen and oxygen atoms in total. The molecule has 2 aliphatic carbocycles. The minimum Gasteiger partial charge on any atom is -0.448 e. The number of amides is 1. The van der Waals surface area contributed by atoms with Crippen LogP contribution in [0, 0.1) is 17.8 Å². The molecule has 5 rings (SSSR count). The fourth-order valence-corrected chi connectivity index (χ4v) is 7.90. The molecule has 0 unspecified atom stereocenters. The zero-order chi connectivity index (χ0) is 28.2. The minimum atomic E-state index is -0.609. The van der Waals surface area contributed by atoms with Gasteiger partial charge in [-0.1, -0.05) is 24.6 Å². The number of rotatable bonds is 11. The van der Waals surface area contributed by atoms with Crippen molar-refractivity contribution in [3.63, 3.8) is 0 Å². The number of aliphatic hydroxyl groups is 1. The van der Waals surface area contributed by atoms with Crippen LogP contribution in [0.4, 0.5) is 0 Å². The number of unbranched alkanes of at least 4 members (excludes halogenated alkanes) is 1. The molecule has 2 aliphatic heterocycles. The summed E-state index contributed by atoms with van der Waals surface area (Å²) in [5.41, 5.74) is 0.441. The molecule has 1 spiro atoms. The Hall–Kier alpha value is -2.09. The third-order valence-electron chi connectivity index (χ3n) is 10.0. The first-order valence-corrected chi connectivity index (χ1v) is 15.6. The van der Waals surface area contributed by atoms with Gasteiger partial charge >= 0.3 is 0 Å². The largest absolute Gasteiger partial charge is 0.448 e. The number of benzene rings is 1. The smallest absolute Gasteiger partial charge is 0.251 e. The zero-order valence-electron chi connectivity index (χ0n) is 24.6. The van der Waals surface area contributed by atoms with Crippen molar-refractivity contribution in [3.8, 4) is 11.5 Å². The molecule has 1 N–H and O–H groups in total. The van der Waals surface area contributed by atoms with Crippen molar-refractivity contribution in [2.45, 2.75) is 101 Å². The third kappa shape index (κ3) is 5.79. The Morgan fingerprint density at radius 3 is 2.75 bits per heavy atom. The summed E-state index contributed by atoms with van der Waals surface area (Å²) >= 11 is 0. The SMILES string of the molecule is C=CC[C@@H]1C[C@H](C(=O)N2CCC[C@@H]([C@](CCCCOC)(OC)c3cccc4c3OC3(CCCCC3)O4)C2)C[C@@H]1O. The van der Waals surface area contributed by atoms with Gasteiger partial charge in [-0.05, 0) is 76.2 Å². The van der Waals surface area contributed by atoms with Gasteiger partial charge in [0.1, 0.15) is 5.60 Å². The Kier molecular flexibility index (Phi) is 9.43. The lowest BCUT2D eigenvalue weighted by molar-refractivity contribution is -0.143. The summed E-state index contributed by atoms with van der Waals surface area (Å²) < 4.78 is 25.2. The van der Waals surface area contributed by atoms with E-state index in [9.17, 15) is 9.90 Å². The van der Waals surface area contributed by atoms with Crippen molar-refractivity contribution in [3.05, 3.63) is 36.4 Å². The molecule has 7 heteroatoms. The average Bonchev–Trinajstić information content (AvgIpc) is 3.53. The van der Waals surface area contributed by atoms with Gasteiger partial charge in [-0.25, -0.2) is 0 Å². The number of para-hydroxylation sites is 1. The molecular formula is C33H49NO6. The molecule has 1 saturated heterocycles. The summed E-state index contributed by atoms with van der Waals surface area (Å²) in [5, 5.41) is 10.6. The Morgan fingerprint density at radius 1 is 1.18 bits per heavy atom. The molecule has 4 aliphatic rings. The molecule has 40 heavy (non-hydrogen) atoms. The first-order chi connectivity index (χ1) is 19.4. The monoisotopic (exact) mass is 555 g/mol. The van der Waals surface area contributed by atoms with Gasteiger partial charge in [0.05, 0.1) is 6.10 Å². The van der Waals surface area contributed by atoms with Crippen LogP contribution in [0.25, 0.3) is 0 Å². The second kappa shape index (κ2) is 12.8. The van der Waals surface area contributed by atoms with Crippen molar-refractivity contribution in [1.29, 1.82) is 0 Å². The number of likely N-dealkylation sites (tertiary alicyclic amines) is 1. The lowest BCUT2D eigenvalue weighted by Crippen LogP contribution is -2.50. The topological polar surface area (TPSA) is 77.5 Å². The van der Waals surface area contributed by atoms with Crippen molar-refractivity contribution in [1.82, 2.24) is 4.90 Å². The van der Waals surface area contributed by atoms with Crippen LogP contribution >= 0.6 is 0 Å². The van der Waals surface area contributed by atoms with E-state index >= 15 is 0 Å². The lowest BCUT2D eigenvalue weighted by atomic mass is 9.73. The summed E-state index contributed by atoms with van der Waals surface area (Å²) in [4.78, 5) is 15.8. The number of allylic oxidation sites excluding steroid dienone is 1. The predicted octanol–water partition coefficient (Wildman–Crippen LogP) is 5.98. The van der Waals surface area contributed by atoms with Gasteiger partial charge < -0.3 is 29.0 Å². The first-order valence-electron chi connectivity index (χ1n) is 15.6. The molecule has 222 valence electrons. The third-order valence-corrected chi connectivity index (χ3v) is 10.0. The zero-order valence-corrected chi connectivity index (χ0v) is 24.6. The van der Waals surface area contributed by atoms with Crippen molar-refractivity contribution in [2.24, 2.45) is 17.8 Å². The van der Waals surface area contributed by atoms with Crippen molar-refractivity contribution < 1.29 is 28.8 Å². The second-order valence-electron chi connectivity index (χ2n) is 12.5. The van der Waals surface area contributed by atoms with Crippen LogP contribution in [-0.2, 0) is 19.9 Å². The Labute approximate surface area is 240 Å². The van der Waals surface area contributed by atoms with Crippen LogP contribution in [-0.4, -0.2) is 61.7 Å². The van der Waals surface area contributed by atoms with Crippen LogP contribution in [0.1, 0.15) is 89.0 Å². The lowest BCUT2D eigenvalue weighted by Gasteiger charge is -2.46. The van der Waals surface area contributed by atoms with E-state index in [1.165, 1.54) is 6.42 Å². The van der Waals surface area contributed by atoms with Crippen LogP contribution in [0.3, 0.4) is 0 Å². The van der Waals surface area contributed by atoms with Gasteiger partial charge in [0.2, 0.25) is 5.91 Å². The van der Waals surface area contributed by atoms with Crippen molar-refractivity contribution in [2.75, 3.05) is 33.9 Å². The highest BCUT2D eigenvalue weighted by Gasteiger charge is 2.50. The van der Waals surface area contributed by atoms with E-state index in [2.05, 4.69) is 18.7 Å². The maximum atomic E-state index is 13.8. The molecule has 1 aromatic carbocycles. The van der Waals surface area contributed by atoms with E-state index in [-0.39, 0.29) is 23.7 Å². The number of hydrogen-bond donors (Lipinski definition) is 1. The molecule has 1 amide bonds. The number of nitrogens with zero attached hydrogens (tertiary/aromatic N) is 1.